The van der Waals surface area contributed by atoms with Crippen molar-refractivity contribution in [3.63, 3.8) is 0 Å². The van der Waals surface area contributed by atoms with Gasteiger partial charge in [-0.25, -0.2) is 0 Å². The van der Waals surface area contributed by atoms with Crippen LogP contribution in [0.5, 0.6) is 5.75 Å². The van der Waals surface area contributed by atoms with Gasteiger partial charge in [-0.05, 0) is 50.2 Å². The van der Waals surface area contributed by atoms with Gasteiger partial charge in [0.15, 0.2) is 5.75 Å². The minimum Gasteiger partial charge on any atom is -0.504 e. The largest absolute Gasteiger partial charge is 0.504 e. The molecule has 1 amide bonds. The lowest BCUT2D eigenvalue weighted by Crippen LogP contribution is -2.36. The van der Waals surface area contributed by atoms with Gasteiger partial charge in [-0.2, -0.15) is 0 Å². The van der Waals surface area contributed by atoms with Crippen LogP contribution in [-0.2, 0) is 4.79 Å². The number of rotatable bonds is 3. The predicted molar refractivity (Wildman–Crippen MR) is 80.5 cm³/mol. The highest BCUT2D eigenvalue weighted by Gasteiger charge is 2.13. The first kappa shape index (κ1) is 16.5. The van der Waals surface area contributed by atoms with E-state index in [0.717, 1.165) is 25.9 Å². The fourth-order valence-corrected chi connectivity index (χ4v) is 2.16. The van der Waals surface area contributed by atoms with E-state index >= 15 is 0 Å². The molecule has 1 aromatic rings. The van der Waals surface area contributed by atoms with Gasteiger partial charge in [-0.15, -0.1) is 12.4 Å². The SMILES string of the molecule is Cl.O=C(CN1CCCCC1)Nc1ccc(O)c(=O)cc1. The van der Waals surface area contributed by atoms with Crippen molar-refractivity contribution in [2.45, 2.75) is 19.3 Å². The maximum Gasteiger partial charge on any atom is 0.238 e. The Bertz CT molecular complexity index is 516. The summed E-state index contributed by atoms with van der Waals surface area (Å²) in [6, 6.07) is 5.55. The van der Waals surface area contributed by atoms with Crippen molar-refractivity contribution < 1.29 is 9.90 Å². The average molecular weight is 299 g/mol. The monoisotopic (exact) mass is 298 g/mol. The summed E-state index contributed by atoms with van der Waals surface area (Å²) in [6.45, 7) is 2.29. The average Bonchev–Trinajstić information content (AvgIpc) is 2.55. The van der Waals surface area contributed by atoms with Crippen LogP contribution < -0.4 is 10.7 Å². The summed E-state index contributed by atoms with van der Waals surface area (Å²) in [5.74, 6) is -0.420. The molecule has 0 radical (unpaired) electrons. The summed E-state index contributed by atoms with van der Waals surface area (Å²) in [5.41, 5.74) is 0.0518. The summed E-state index contributed by atoms with van der Waals surface area (Å²) >= 11 is 0. The Labute approximate surface area is 124 Å². The molecule has 6 heteroatoms. The fourth-order valence-electron chi connectivity index (χ4n) is 2.16. The van der Waals surface area contributed by atoms with Crippen molar-refractivity contribution in [1.82, 2.24) is 4.90 Å². The van der Waals surface area contributed by atoms with Gasteiger partial charge in [0, 0.05) is 5.69 Å². The first-order valence-corrected chi connectivity index (χ1v) is 6.51. The number of carbonyl (C=O) groups is 1. The molecule has 5 nitrogen and oxygen atoms in total. The zero-order valence-corrected chi connectivity index (χ0v) is 12.0. The van der Waals surface area contributed by atoms with Crippen LogP contribution in [0.2, 0.25) is 0 Å². The minimum atomic E-state index is -0.462. The quantitative estimate of drug-likeness (QED) is 0.889. The molecule has 1 saturated heterocycles. The molecule has 0 unspecified atom stereocenters. The van der Waals surface area contributed by atoms with Crippen molar-refractivity contribution in [3.8, 4) is 5.75 Å². The Morgan fingerprint density at radius 2 is 1.80 bits per heavy atom. The van der Waals surface area contributed by atoms with E-state index in [4.69, 9.17) is 0 Å². The number of carbonyl (C=O) groups excluding carboxylic acids is 1. The smallest absolute Gasteiger partial charge is 0.238 e. The minimum absolute atomic E-state index is 0. The number of piperidine rings is 1. The van der Waals surface area contributed by atoms with Gasteiger partial charge in [-0.1, -0.05) is 6.42 Å². The number of anilines is 1. The third-order valence-corrected chi connectivity index (χ3v) is 3.19. The highest BCUT2D eigenvalue weighted by Crippen LogP contribution is 2.10. The molecule has 2 N–H and O–H groups in total. The standard InChI is InChI=1S/C14H18N2O3.ClH/c17-12-6-4-11(5-7-13(12)18)15-14(19)10-16-8-2-1-3-9-16;/h4-7H,1-3,8-10H2,(H,15,19)(H,17,18);1H. The molecule has 0 atom stereocenters. The maximum absolute atomic E-state index is 11.9. The fraction of sp³-hybridized carbons (Fsp3) is 0.429. The Morgan fingerprint density at radius 1 is 1.15 bits per heavy atom. The number of aromatic hydroxyl groups is 1. The molecule has 0 spiro atoms. The van der Waals surface area contributed by atoms with Crippen molar-refractivity contribution in [2.24, 2.45) is 0 Å². The van der Waals surface area contributed by atoms with Crippen LogP contribution in [0, 0.1) is 0 Å². The van der Waals surface area contributed by atoms with Gasteiger partial charge in [0.2, 0.25) is 11.3 Å². The third kappa shape index (κ3) is 4.83. The molecule has 0 aromatic heterocycles. The molecule has 0 aliphatic carbocycles. The number of likely N-dealkylation sites (tertiary alicyclic amines) is 1. The van der Waals surface area contributed by atoms with Crippen LogP contribution in [0.25, 0.3) is 0 Å². The van der Waals surface area contributed by atoms with Crippen LogP contribution in [0.4, 0.5) is 5.69 Å². The molecule has 1 fully saturated rings. The van der Waals surface area contributed by atoms with E-state index < -0.39 is 5.43 Å². The van der Waals surface area contributed by atoms with E-state index in [2.05, 4.69) is 10.2 Å². The Kier molecular flexibility index (Phi) is 6.48. The van der Waals surface area contributed by atoms with Crippen molar-refractivity contribution >= 4 is 24.0 Å². The molecular formula is C14H19ClN2O3. The van der Waals surface area contributed by atoms with Gasteiger partial charge in [0.05, 0.1) is 6.54 Å². The molecule has 1 aliphatic heterocycles. The van der Waals surface area contributed by atoms with Crippen LogP contribution in [0.1, 0.15) is 19.3 Å². The van der Waals surface area contributed by atoms with E-state index in [1.54, 1.807) is 0 Å². The lowest BCUT2D eigenvalue weighted by Gasteiger charge is -2.25. The topological polar surface area (TPSA) is 69.6 Å². The number of hydrogen-bond acceptors (Lipinski definition) is 4. The molecule has 20 heavy (non-hydrogen) atoms. The molecule has 1 aromatic carbocycles. The normalized spacial score (nSPS) is 15.2. The van der Waals surface area contributed by atoms with Crippen molar-refractivity contribution in [1.29, 1.82) is 0 Å². The molecule has 1 heterocycles. The van der Waals surface area contributed by atoms with Crippen LogP contribution >= 0.6 is 12.4 Å². The molecule has 1 aliphatic rings. The number of halogens is 1. The second kappa shape index (κ2) is 7.87. The zero-order valence-electron chi connectivity index (χ0n) is 11.2. The second-order valence-corrected chi connectivity index (χ2v) is 4.76. The van der Waals surface area contributed by atoms with Crippen molar-refractivity contribution in [3.05, 3.63) is 34.5 Å². The highest BCUT2D eigenvalue weighted by molar-refractivity contribution is 5.92. The molecule has 0 saturated carbocycles. The summed E-state index contributed by atoms with van der Waals surface area (Å²) in [6.07, 6.45) is 3.51. The highest BCUT2D eigenvalue weighted by atomic mass is 35.5. The summed E-state index contributed by atoms with van der Waals surface area (Å²) in [5, 5.41) is 12.0. The Balaban J connectivity index is 0.00000200. The van der Waals surface area contributed by atoms with E-state index in [9.17, 15) is 14.7 Å². The van der Waals surface area contributed by atoms with Gasteiger partial charge in [-0.3, -0.25) is 14.5 Å². The number of nitrogens with zero attached hydrogens (tertiary/aromatic N) is 1. The lowest BCUT2D eigenvalue weighted by molar-refractivity contribution is -0.117. The molecular weight excluding hydrogens is 280 g/mol. The van der Waals surface area contributed by atoms with Gasteiger partial charge in [0.25, 0.3) is 0 Å². The number of nitrogens with one attached hydrogen (secondary N) is 1. The molecule has 2 rings (SSSR count). The van der Waals surface area contributed by atoms with E-state index in [1.807, 2.05) is 0 Å². The molecule has 110 valence electrons. The lowest BCUT2D eigenvalue weighted by atomic mass is 10.1. The van der Waals surface area contributed by atoms with Gasteiger partial charge < -0.3 is 10.4 Å². The first-order chi connectivity index (χ1) is 9.15. The van der Waals surface area contributed by atoms with E-state index in [1.165, 1.54) is 30.7 Å². The third-order valence-electron chi connectivity index (χ3n) is 3.19. The van der Waals surface area contributed by atoms with E-state index in [0.29, 0.717) is 12.2 Å². The summed E-state index contributed by atoms with van der Waals surface area (Å²) in [4.78, 5) is 25.2. The zero-order chi connectivity index (χ0) is 13.7. The van der Waals surface area contributed by atoms with Crippen LogP contribution in [0.15, 0.2) is 29.1 Å². The number of amides is 1. The predicted octanol–water partition coefficient (Wildman–Crippen LogP) is 1.60. The van der Waals surface area contributed by atoms with Crippen molar-refractivity contribution in [2.75, 3.05) is 25.0 Å². The summed E-state index contributed by atoms with van der Waals surface area (Å²) < 4.78 is 0. The maximum atomic E-state index is 11.9. The second-order valence-electron chi connectivity index (χ2n) is 4.76. The Hall–Kier alpha value is -1.59. The van der Waals surface area contributed by atoms with Gasteiger partial charge in [0.1, 0.15) is 0 Å². The van der Waals surface area contributed by atoms with Crippen LogP contribution in [-0.4, -0.2) is 35.5 Å². The summed E-state index contributed by atoms with van der Waals surface area (Å²) in [7, 11) is 0. The molecule has 0 bridgehead atoms. The van der Waals surface area contributed by atoms with Gasteiger partial charge >= 0.3 is 0 Å². The first-order valence-electron chi connectivity index (χ1n) is 6.51. The Morgan fingerprint density at radius 3 is 2.50 bits per heavy atom. The van der Waals surface area contributed by atoms with Crippen LogP contribution in [0.3, 0.4) is 0 Å². The number of hydrogen-bond donors (Lipinski definition) is 2. The van der Waals surface area contributed by atoms with E-state index in [-0.39, 0.29) is 24.1 Å².